The lowest BCUT2D eigenvalue weighted by Crippen LogP contribution is -2.38. The molecule has 1 N–H and O–H groups in total. The average Bonchev–Trinajstić information content (AvgIpc) is 3.51. The molecule has 156 valence electrons. The van der Waals surface area contributed by atoms with E-state index in [0.717, 1.165) is 24.4 Å². The van der Waals surface area contributed by atoms with Crippen molar-refractivity contribution in [2.24, 2.45) is 5.92 Å². The van der Waals surface area contributed by atoms with Crippen LogP contribution in [0.1, 0.15) is 37.2 Å². The van der Waals surface area contributed by atoms with Crippen LogP contribution in [0.3, 0.4) is 0 Å². The van der Waals surface area contributed by atoms with Crippen LogP contribution in [-0.4, -0.2) is 42.4 Å². The second kappa shape index (κ2) is 7.74. The zero-order valence-corrected chi connectivity index (χ0v) is 16.9. The molecule has 6 heteroatoms. The maximum absolute atomic E-state index is 13.5. The lowest BCUT2D eigenvalue weighted by atomic mass is 9.98. The van der Waals surface area contributed by atoms with Crippen LogP contribution in [0.5, 0.6) is 0 Å². The van der Waals surface area contributed by atoms with Gasteiger partial charge in [0.05, 0.1) is 0 Å². The lowest BCUT2D eigenvalue weighted by molar-refractivity contribution is -0.142. The third-order valence-corrected chi connectivity index (χ3v) is 6.86. The third-order valence-electron chi connectivity index (χ3n) is 6.86. The number of anilines is 2. The summed E-state index contributed by atoms with van der Waals surface area (Å²) in [7, 11) is 0. The molecule has 0 radical (unpaired) electrons. The fourth-order valence-corrected chi connectivity index (χ4v) is 5.28. The predicted molar refractivity (Wildman–Crippen MR) is 114 cm³/mol. The Hall–Kier alpha value is -2.89. The number of nitrogens with one attached hydrogen (secondary N) is 1. The first-order valence-electron chi connectivity index (χ1n) is 10.8. The number of hydrogen-bond acceptors (Lipinski definition) is 3. The van der Waals surface area contributed by atoms with E-state index in [4.69, 9.17) is 0 Å². The van der Waals surface area contributed by atoms with Gasteiger partial charge in [0.1, 0.15) is 5.82 Å². The minimum atomic E-state index is -0.622. The molecule has 2 saturated heterocycles. The molecule has 2 bridgehead atoms. The molecule has 5 nitrogen and oxygen atoms in total. The maximum Gasteiger partial charge on any atom is 0.313 e. The van der Waals surface area contributed by atoms with Crippen molar-refractivity contribution >= 4 is 23.2 Å². The van der Waals surface area contributed by atoms with Crippen LogP contribution in [0.25, 0.3) is 0 Å². The number of piperidine rings is 1. The SMILES string of the molecule is O=C(Nc1ccc(N2CC3CCC2C3)cc1)C(=O)N1CCC(c2cccc(F)c2)C1. The first kappa shape index (κ1) is 19.1. The van der Waals surface area contributed by atoms with Crippen LogP contribution in [-0.2, 0) is 9.59 Å². The molecule has 2 amide bonds. The normalized spacial score (nSPS) is 25.0. The zero-order valence-electron chi connectivity index (χ0n) is 16.9. The summed E-state index contributed by atoms with van der Waals surface area (Å²) in [6.45, 7) is 2.06. The van der Waals surface area contributed by atoms with E-state index in [0.29, 0.717) is 24.8 Å². The van der Waals surface area contributed by atoms with E-state index in [1.165, 1.54) is 37.1 Å². The first-order chi connectivity index (χ1) is 14.6. The Bertz CT molecular complexity index is 961. The second-order valence-electron chi connectivity index (χ2n) is 8.78. The number of nitrogens with zero attached hydrogens (tertiary/aromatic N) is 2. The standard InChI is InChI=1S/C24H26FN3O2/c25-19-3-1-2-17(13-19)18-10-11-27(15-18)24(30)23(29)26-20-5-8-21(9-6-20)28-14-16-4-7-22(28)12-16/h1-3,5-6,8-9,13,16,18,22H,4,7,10-12,14-15H2,(H,26,29). The highest BCUT2D eigenvalue weighted by Gasteiger charge is 2.37. The van der Waals surface area contributed by atoms with Gasteiger partial charge in [-0.1, -0.05) is 12.1 Å². The number of likely N-dealkylation sites (tertiary alicyclic amines) is 1. The van der Waals surface area contributed by atoms with E-state index < -0.39 is 11.8 Å². The predicted octanol–water partition coefficient (Wildman–Crippen LogP) is 3.77. The molecule has 2 heterocycles. The Labute approximate surface area is 175 Å². The fourth-order valence-electron chi connectivity index (χ4n) is 5.28. The molecule has 0 spiro atoms. The molecular formula is C24H26FN3O2. The van der Waals surface area contributed by atoms with Gasteiger partial charge >= 0.3 is 11.8 Å². The number of amides is 2. The van der Waals surface area contributed by atoms with Gasteiger partial charge in [0.2, 0.25) is 0 Å². The van der Waals surface area contributed by atoms with Gasteiger partial charge in [-0.2, -0.15) is 0 Å². The van der Waals surface area contributed by atoms with E-state index in [9.17, 15) is 14.0 Å². The van der Waals surface area contributed by atoms with Crippen LogP contribution in [0.2, 0.25) is 0 Å². The van der Waals surface area contributed by atoms with Crippen LogP contribution in [0.4, 0.5) is 15.8 Å². The number of rotatable bonds is 3. The van der Waals surface area contributed by atoms with Crippen LogP contribution in [0, 0.1) is 11.7 Å². The number of benzene rings is 2. The highest BCUT2D eigenvalue weighted by Crippen LogP contribution is 2.40. The highest BCUT2D eigenvalue weighted by molar-refractivity contribution is 6.39. The summed E-state index contributed by atoms with van der Waals surface area (Å²) in [6.07, 6.45) is 4.63. The van der Waals surface area contributed by atoms with E-state index in [2.05, 4.69) is 10.2 Å². The minimum Gasteiger partial charge on any atom is -0.368 e. The molecule has 2 aromatic rings. The second-order valence-corrected chi connectivity index (χ2v) is 8.78. The van der Waals surface area contributed by atoms with Crippen LogP contribution < -0.4 is 10.2 Å². The summed E-state index contributed by atoms with van der Waals surface area (Å²) in [5.74, 6) is -0.547. The van der Waals surface area contributed by atoms with Gasteiger partial charge < -0.3 is 15.1 Å². The number of carbonyl (C=O) groups is 2. The molecule has 5 rings (SSSR count). The van der Waals surface area contributed by atoms with Crippen LogP contribution >= 0.6 is 0 Å². The van der Waals surface area contributed by atoms with Crippen molar-refractivity contribution in [2.45, 2.75) is 37.6 Å². The number of fused-ring (bicyclic) bond motifs is 2. The van der Waals surface area contributed by atoms with Crippen molar-refractivity contribution < 1.29 is 14.0 Å². The minimum absolute atomic E-state index is 0.0625. The van der Waals surface area contributed by atoms with E-state index in [-0.39, 0.29) is 11.7 Å². The molecular weight excluding hydrogens is 381 g/mol. The Morgan fingerprint density at radius 1 is 1.00 bits per heavy atom. The van der Waals surface area contributed by atoms with E-state index in [1.807, 2.05) is 30.3 Å². The average molecular weight is 407 g/mol. The summed E-state index contributed by atoms with van der Waals surface area (Å²) in [5, 5.41) is 2.73. The monoisotopic (exact) mass is 407 g/mol. The summed E-state index contributed by atoms with van der Waals surface area (Å²) < 4.78 is 13.5. The largest absolute Gasteiger partial charge is 0.368 e. The Morgan fingerprint density at radius 2 is 1.83 bits per heavy atom. The molecule has 3 atom stereocenters. The van der Waals surface area contributed by atoms with Crippen LogP contribution in [0.15, 0.2) is 48.5 Å². The van der Waals surface area contributed by atoms with Crippen molar-refractivity contribution in [1.29, 1.82) is 0 Å². The number of hydrogen-bond donors (Lipinski definition) is 1. The van der Waals surface area contributed by atoms with Crippen molar-refractivity contribution in [3.63, 3.8) is 0 Å². The molecule has 3 unspecified atom stereocenters. The fraction of sp³-hybridized carbons (Fsp3) is 0.417. The molecule has 2 aromatic carbocycles. The Morgan fingerprint density at radius 3 is 2.53 bits per heavy atom. The van der Waals surface area contributed by atoms with Gasteiger partial charge in [-0.15, -0.1) is 0 Å². The molecule has 1 saturated carbocycles. The molecule has 3 aliphatic rings. The number of halogens is 1. The molecule has 0 aromatic heterocycles. The molecule has 3 fully saturated rings. The lowest BCUT2D eigenvalue weighted by Gasteiger charge is -2.29. The van der Waals surface area contributed by atoms with Crippen molar-refractivity contribution in [1.82, 2.24) is 4.90 Å². The van der Waals surface area contributed by atoms with Crippen molar-refractivity contribution in [3.8, 4) is 0 Å². The summed E-state index contributed by atoms with van der Waals surface area (Å²) >= 11 is 0. The maximum atomic E-state index is 13.5. The summed E-state index contributed by atoms with van der Waals surface area (Å²) in [5.41, 5.74) is 2.68. The van der Waals surface area contributed by atoms with Gasteiger partial charge in [-0.3, -0.25) is 9.59 Å². The third kappa shape index (κ3) is 3.66. The van der Waals surface area contributed by atoms with Crippen molar-refractivity contribution in [3.05, 3.63) is 59.9 Å². The molecule has 2 aliphatic heterocycles. The molecule has 30 heavy (non-hydrogen) atoms. The smallest absolute Gasteiger partial charge is 0.313 e. The Kier molecular flexibility index (Phi) is 4.93. The highest BCUT2D eigenvalue weighted by atomic mass is 19.1. The van der Waals surface area contributed by atoms with E-state index >= 15 is 0 Å². The number of carbonyl (C=O) groups excluding carboxylic acids is 2. The quantitative estimate of drug-likeness (QED) is 0.788. The van der Waals surface area contributed by atoms with Crippen molar-refractivity contribution in [2.75, 3.05) is 29.9 Å². The van der Waals surface area contributed by atoms with Gasteiger partial charge in [-0.25, -0.2) is 4.39 Å². The van der Waals surface area contributed by atoms with E-state index in [1.54, 1.807) is 11.0 Å². The van der Waals surface area contributed by atoms with Gasteiger partial charge in [0, 0.05) is 43.0 Å². The summed E-state index contributed by atoms with van der Waals surface area (Å²) in [6, 6.07) is 14.9. The van der Waals surface area contributed by atoms with Gasteiger partial charge in [0.25, 0.3) is 0 Å². The molecule has 1 aliphatic carbocycles. The topological polar surface area (TPSA) is 52.7 Å². The van der Waals surface area contributed by atoms with Gasteiger partial charge in [-0.05, 0) is 73.6 Å². The zero-order chi connectivity index (χ0) is 20.7. The van der Waals surface area contributed by atoms with Gasteiger partial charge in [0.15, 0.2) is 0 Å². The summed E-state index contributed by atoms with van der Waals surface area (Å²) in [4.78, 5) is 29.1. The Balaban J connectivity index is 1.18. The first-order valence-corrected chi connectivity index (χ1v) is 10.8.